The van der Waals surface area contributed by atoms with E-state index in [1.54, 1.807) is 37.0 Å². The van der Waals surface area contributed by atoms with Crippen LogP contribution in [0.1, 0.15) is 31.7 Å². The average molecular weight is 426 g/mol. The van der Waals surface area contributed by atoms with Crippen LogP contribution in [0, 0.1) is 23.0 Å². The van der Waals surface area contributed by atoms with Gasteiger partial charge in [0, 0.05) is 37.9 Å². The zero-order valence-electron chi connectivity index (χ0n) is 18.1. The van der Waals surface area contributed by atoms with Crippen LogP contribution >= 0.6 is 0 Å². The summed E-state index contributed by atoms with van der Waals surface area (Å²) in [5.74, 6) is -1.26. The molecule has 2 atom stereocenters. The predicted octanol–water partition coefficient (Wildman–Crippen LogP) is 4.85. The normalized spacial score (nSPS) is 23.0. The maximum absolute atomic E-state index is 14.4. The first-order chi connectivity index (χ1) is 14.9. The molecule has 7 heteroatoms. The molecule has 1 aromatic carbocycles. The summed E-state index contributed by atoms with van der Waals surface area (Å²) in [7, 11) is 0. The highest BCUT2D eigenvalue weighted by Gasteiger charge is 2.42. The molecule has 3 rings (SSSR count). The molecule has 0 bridgehead atoms. The first kappa shape index (κ1) is 22.7. The van der Waals surface area contributed by atoms with E-state index >= 15 is 0 Å². The van der Waals surface area contributed by atoms with Crippen molar-refractivity contribution in [2.45, 2.75) is 26.2 Å². The van der Waals surface area contributed by atoms with Crippen molar-refractivity contribution >= 4 is 31.6 Å². The van der Waals surface area contributed by atoms with Crippen LogP contribution < -0.4 is 4.90 Å². The molecule has 1 aliphatic carbocycles. The molecular weight excluding hydrogens is 396 g/mol. The minimum Gasteiger partial charge on any atom is -0.368 e. The molecule has 2 aliphatic rings. The van der Waals surface area contributed by atoms with Crippen LogP contribution in [-0.2, 0) is 0 Å². The monoisotopic (exact) mass is 425 g/mol. The van der Waals surface area contributed by atoms with E-state index in [1.807, 2.05) is 4.90 Å². The molecule has 164 valence electrons. The molecule has 0 amide bonds. The summed E-state index contributed by atoms with van der Waals surface area (Å²) in [6.07, 6.45) is 9.24. The maximum atomic E-state index is 14.4. The molecule has 0 N–H and O–H groups in total. The molecule has 1 heterocycles. The third-order valence-electron chi connectivity index (χ3n) is 5.48. The number of anilines is 1. The van der Waals surface area contributed by atoms with Crippen LogP contribution in [-0.4, -0.2) is 52.0 Å². The zero-order chi connectivity index (χ0) is 22.4. The lowest BCUT2D eigenvalue weighted by Gasteiger charge is -2.47. The van der Waals surface area contributed by atoms with E-state index in [2.05, 4.69) is 47.3 Å². The van der Waals surface area contributed by atoms with Gasteiger partial charge in [-0.15, -0.1) is 0 Å². The molecule has 5 nitrogen and oxygen atoms in total. The van der Waals surface area contributed by atoms with Crippen molar-refractivity contribution in [3.63, 3.8) is 0 Å². The predicted molar refractivity (Wildman–Crippen MR) is 126 cm³/mol. The number of halogens is 2. The van der Waals surface area contributed by atoms with Gasteiger partial charge in [-0.2, -0.15) is 0 Å². The van der Waals surface area contributed by atoms with Gasteiger partial charge in [0.2, 0.25) is 0 Å². The van der Waals surface area contributed by atoms with Crippen LogP contribution in [0.3, 0.4) is 0 Å². The fraction of sp³-hybridized carbons (Fsp3) is 0.417. The fourth-order valence-corrected chi connectivity index (χ4v) is 3.98. The highest BCUT2D eigenvalue weighted by molar-refractivity contribution is 5.81. The second kappa shape index (κ2) is 9.90. The van der Waals surface area contributed by atoms with Crippen molar-refractivity contribution in [1.29, 1.82) is 0 Å². The van der Waals surface area contributed by atoms with E-state index in [9.17, 15) is 8.78 Å². The van der Waals surface area contributed by atoms with Gasteiger partial charge in [-0.1, -0.05) is 13.8 Å². The molecule has 1 saturated carbocycles. The SMILES string of the molecule is C=N/C=C\C=N/CC/N=C\C(=C/N=C)C1CC1c1cc(F)c(F)c(N2CC(C)(C)C2)c1. The number of allylic oxidation sites excluding steroid dienone is 2. The van der Waals surface area contributed by atoms with Gasteiger partial charge in [-0.3, -0.25) is 20.0 Å². The van der Waals surface area contributed by atoms with Crippen molar-refractivity contribution in [2.24, 2.45) is 31.3 Å². The Morgan fingerprint density at radius 1 is 1.16 bits per heavy atom. The quantitative estimate of drug-likeness (QED) is 0.390. The fourth-order valence-electron chi connectivity index (χ4n) is 3.98. The molecule has 0 aromatic heterocycles. The Kier molecular flexibility index (Phi) is 7.25. The Labute approximate surface area is 182 Å². The third-order valence-corrected chi connectivity index (χ3v) is 5.48. The molecule has 2 fully saturated rings. The lowest BCUT2D eigenvalue weighted by atomic mass is 9.84. The number of nitrogens with zero attached hydrogens (tertiary/aromatic N) is 5. The molecule has 2 unspecified atom stereocenters. The summed E-state index contributed by atoms with van der Waals surface area (Å²) in [6, 6.07) is 3.12. The molecule has 1 aliphatic heterocycles. The average Bonchev–Trinajstić information content (AvgIpc) is 3.50. The van der Waals surface area contributed by atoms with Crippen LogP contribution in [0.4, 0.5) is 14.5 Å². The molecular formula is C24H29F2N5. The van der Waals surface area contributed by atoms with Crippen LogP contribution in [0.5, 0.6) is 0 Å². The topological polar surface area (TPSA) is 52.7 Å². The van der Waals surface area contributed by atoms with E-state index in [1.165, 1.54) is 6.07 Å². The maximum Gasteiger partial charge on any atom is 0.182 e. The van der Waals surface area contributed by atoms with Gasteiger partial charge in [0.15, 0.2) is 11.6 Å². The molecule has 0 spiro atoms. The van der Waals surface area contributed by atoms with Crippen LogP contribution in [0.2, 0.25) is 0 Å². The minimum atomic E-state index is -0.789. The van der Waals surface area contributed by atoms with Crippen molar-refractivity contribution in [2.75, 3.05) is 31.1 Å². The van der Waals surface area contributed by atoms with E-state index in [0.717, 1.165) is 30.6 Å². The highest BCUT2D eigenvalue weighted by atomic mass is 19.2. The number of aliphatic imine (C=N–C) groups is 4. The summed E-state index contributed by atoms with van der Waals surface area (Å²) < 4.78 is 28.7. The summed E-state index contributed by atoms with van der Waals surface area (Å²) in [4.78, 5) is 18.0. The Bertz CT molecular complexity index is 938. The third kappa shape index (κ3) is 5.81. The van der Waals surface area contributed by atoms with Crippen LogP contribution in [0.25, 0.3) is 0 Å². The Morgan fingerprint density at radius 2 is 1.90 bits per heavy atom. The molecule has 31 heavy (non-hydrogen) atoms. The highest BCUT2D eigenvalue weighted by Crippen LogP contribution is 2.52. The minimum absolute atomic E-state index is 0.122. The second-order valence-electron chi connectivity index (χ2n) is 8.73. The van der Waals surface area contributed by atoms with Gasteiger partial charge in [-0.05, 0) is 66.5 Å². The van der Waals surface area contributed by atoms with Gasteiger partial charge in [-0.25, -0.2) is 8.78 Å². The number of rotatable bonds is 10. The number of hydrogen-bond acceptors (Lipinski definition) is 5. The van der Waals surface area contributed by atoms with Gasteiger partial charge >= 0.3 is 0 Å². The Morgan fingerprint density at radius 3 is 2.58 bits per heavy atom. The number of benzene rings is 1. The van der Waals surface area contributed by atoms with Gasteiger partial charge in [0.25, 0.3) is 0 Å². The molecule has 1 aromatic rings. The lowest BCUT2D eigenvalue weighted by molar-refractivity contribution is 0.273. The van der Waals surface area contributed by atoms with E-state index in [0.29, 0.717) is 18.8 Å². The van der Waals surface area contributed by atoms with E-state index < -0.39 is 11.6 Å². The summed E-state index contributed by atoms with van der Waals surface area (Å²) in [5, 5.41) is 0. The van der Waals surface area contributed by atoms with Crippen LogP contribution in [0.15, 0.2) is 56.2 Å². The van der Waals surface area contributed by atoms with Crippen molar-refractivity contribution in [1.82, 2.24) is 0 Å². The van der Waals surface area contributed by atoms with E-state index in [4.69, 9.17) is 0 Å². The van der Waals surface area contributed by atoms with Crippen molar-refractivity contribution in [3.05, 3.63) is 53.4 Å². The smallest absolute Gasteiger partial charge is 0.182 e. The largest absolute Gasteiger partial charge is 0.368 e. The summed E-state index contributed by atoms with van der Waals surface area (Å²) in [6.45, 7) is 13.7. The van der Waals surface area contributed by atoms with E-state index in [-0.39, 0.29) is 17.3 Å². The van der Waals surface area contributed by atoms with Crippen molar-refractivity contribution < 1.29 is 8.78 Å². The zero-order valence-corrected chi connectivity index (χ0v) is 18.1. The van der Waals surface area contributed by atoms with Crippen molar-refractivity contribution in [3.8, 4) is 0 Å². The second-order valence-corrected chi connectivity index (χ2v) is 8.73. The summed E-state index contributed by atoms with van der Waals surface area (Å²) >= 11 is 0. The Balaban J connectivity index is 1.64. The Hall–Kier alpha value is -2.96. The number of hydrogen-bond donors (Lipinski definition) is 0. The standard InChI is InChI=1S/C24H29F2N5/c1-24(2)15-31(16-24)22-11-17(10-21(25)23(22)26)19-12-20(19)18(13-28-4)14-30-9-8-29-7-5-6-27-3/h5-7,10-11,13-14,19-20H,3-4,8-9,12,15-16H2,1-2H3/b6-5-,18-13+,29-7-,30-14-. The van der Waals surface area contributed by atoms with Gasteiger partial charge < -0.3 is 4.90 Å². The molecule has 0 radical (unpaired) electrons. The van der Waals surface area contributed by atoms with Gasteiger partial charge in [0.1, 0.15) is 0 Å². The lowest BCUT2D eigenvalue weighted by Crippen LogP contribution is -2.53. The summed E-state index contributed by atoms with van der Waals surface area (Å²) in [5.41, 5.74) is 2.25. The molecule has 1 saturated heterocycles. The first-order valence-electron chi connectivity index (χ1n) is 10.4. The first-order valence-corrected chi connectivity index (χ1v) is 10.4. The van der Waals surface area contributed by atoms with Gasteiger partial charge in [0.05, 0.1) is 18.8 Å².